The lowest BCUT2D eigenvalue weighted by molar-refractivity contribution is -0.116. The van der Waals surface area contributed by atoms with Crippen molar-refractivity contribution in [2.45, 2.75) is 92.9 Å². The molecule has 4 nitrogen and oxygen atoms in total. The van der Waals surface area contributed by atoms with Crippen molar-refractivity contribution in [3.05, 3.63) is 29.3 Å². The number of carbonyl (C=O) groups is 1. The maximum atomic E-state index is 9.82. The van der Waals surface area contributed by atoms with Crippen molar-refractivity contribution in [1.82, 2.24) is 4.90 Å². The first-order valence-electron chi connectivity index (χ1n) is 12.3. The molecule has 0 spiro atoms. The van der Waals surface area contributed by atoms with E-state index in [4.69, 9.17) is 5.26 Å². The van der Waals surface area contributed by atoms with Gasteiger partial charge in [-0.15, -0.1) is 0 Å². The summed E-state index contributed by atoms with van der Waals surface area (Å²) in [6.07, 6.45) is 10.3. The van der Waals surface area contributed by atoms with E-state index in [2.05, 4.69) is 62.6 Å². The highest BCUT2D eigenvalue weighted by atomic mass is 16.1. The van der Waals surface area contributed by atoms with Crippen LogP contribution in [0.2, 0.25) is 0 Å². The fourth-order valence-electron chi connectivity index (χ4n) is 3.63. The molecule has 2 fully saturated rings. The first-order valence-corrected chi connectivity index (χ1v) is 12.3. The van der Waals surface area contributed by atoms with Crippen molar-refractivity contribution in [1.29, 1.82) is 5.26 Å². The van der Waals surface area contributed by atoms with Gasteiger partial charge in [0.15, 0.2) is 0 Å². The average molecular weight is 430 g/mol. The van der Waals surface area contributed by atoms with Crippen molar-refractivity contribution >= 4 is 11.5 Å². The van der Waals surface area contributed by atoms with E-state index in [1.807, 2.05) is 0 Å². The molecule has 0 aromatic heterocycles. The lowest BCUT2D eigenvalue weighted by Crippen LogP contribution is -2.46. The maximum absolute atomic E-state index is 9.82. The van der Waals surface area contributed by atoms with Gasteiger partial charge in [-0.05, 0) is 50.6 Å². The Balaban J connectivity index is 0.000000493. The molecule has 1 aliphatic heterocycles. The van der Waals surface area contributed by atoms with Gasteiger partial charge in [0.05, 0.1) is 12.5 Å². The van der Waals surface area contributed by atoms with E-state index in [-0.39, 0.29) is 12.2 Å². The van der Waals surface area contributed by atoms with Gasteiger partial charge in [-0.1, -0.05) is 71.8 Å². The second-order valence-electron chi connectivity index (χ2n) is 8.63. The van der Waals surface area contributed by atoms with Crippen LogP contribution in [0.3, 0.4) is 0 Å². The molecule has 0 bridgehead atoms. The van der Waals surface area contributed by atoms with Crippen LogP contribution in [0.4, 0.5) is 5.69 Å². The number of nitrogens with zero attached hydrogens (tertiary/aromatic N) is 3. The Bertz CT molecular complexity index is 592. The first-order chi connectivity index (χ1) is 14.9. The van der Waals surface area contributed by atoms with Crippen molar-refractivity contribution in [3.63, 3.8) is 0 Å². The standard InChI is InChI=1S/C14H22N2.C6H12.C4H5NO.C3H8/c1-4-15-5-7-16(8-6-15)14-10-12(2)9-13(3)11-14;1-2-4-6-5-3-1;1-4(6)2-3-5;1-3-2/h9-11H,4-8H2,1-3H3;1-6H2;2H2,1H3;3H2,1-2H3. The van der Waals surface area contributed by atoms with Gasteiger partial charge in [-0.2, -0.15) is 5.26 Å². The van der Waals surface area contributed by atoms with Gasteiger partial charge in [0.25, 0.3) is 0 Å². The van der Waals surface area contributed by atoms with Gasteiger partial charge >= 0.3 is 0 Å². The van der Waals surface area contributed by atoms with Gasteiger partial charge < -0.3 is 9.80 Å². The van der Waals surface area contributed by atoms with Gasteiger partial charge in [0, 0.05) is 31.9 Å². The SMILES string of the molecule is C1CCCCC1.CC(=O)CC#N.CCC.CCN1CCN(c2cc(C)cc(C)c2)CC1. The molecule has 176 valence electrons. The van der Waals surface area contributed by atoms with Crippen molar-refractivity contribution in [3.8, 4) is 6.07 Å². The van der Waals surface area contributed by atoms with Gasteiger partial charge in [0.1, 0.15) is 5.78 Å². The zero-order valence-electron chi connectivity index (χ0n) is 21.2. The van der Waals surface area contributed by atoms with Crippen LogP contribution < -0.4 is 4.90 Å². The Kier molecular flexibility index (Phi) is 17.7. The molecular formula is C27H47N3O. The third-order valence-electron chi connectivity index (χ3n) is 5.22. The lowest BCUT2D eigenvalue weighted by Gasteiger charge is -2.35. The second-order valence-corrected chi connectivity index (χ2v) is 8.63. The van der Waals surface area contributed by atoms with Crippen LogP contribution in [0.15, 0.2) is 18.2 Å². The van der Waals surface area contributed by atoms with Crippen LogP contribution in [0.25, 0.3) is 0 Å². The van der Waals surface area contributed by atoms with E-state index in [9.17, 15) is 4.79 Å². The highest BCUT2D eigenvalue weighted by molar-refractivity contribution is 5.77. The minimum Gasteiger partial charge on any atom is -0.369 e. The number of piperazine rings is 1. The van der Waals surface area contributed by atoms with Crippen LogP contribution in [0.1, 0.15) is 90.2 Å². The molecule has 1 saturated carbocycles. The predicted octanol–water partition coefficient (Wildman–Crippen LogP) is 6.69. The fourth-order valence-corrected chi connectivity index (χ4v) is 3.63. The minimum absolute atomic E-state index is 0.0417. The van der Waals surface area contributed by atoms with E-state index in [0.29, 0.717) is 0 Å². The molecule has 0 amide bonds. The number of aryl methyl sites for hydroxylation is 2. The second kappa shape index (κ2) is 18.9. The third-order valence-corrected chi connectivity index (χ3v) is 5.22. The molecule has 1 heterocycles. The minimum atomic E-state index is -0.0718. The van der Waals surface area contributed by atoms with Crippen LogP contribution in [0.5, 0.6) is 0 Å². The summed E-state index contributed by atoms with van der Waals surface area (Å²) in [5, 5.41) is 7.77. The van der Waals surface area contributed by atoms with Gasteiger partial charge in [-0.3, -0.25) is 4.79 Å². The number of hydrogen-bond donors (Lipinski definition) is 0. The molecule has 1 aromatic carbocycles. The fraction of sp³-hybridized carbons (Fsp3) is 0.704. The number of hydrogen-bond acceptors (Lipinski definition) is 4. The quantitative estimate of drug-likeness (QED) is 0.537. The van der Waals surface area contributed by atoms with Gasteiger partial charge in [-0.25, -0.2) is 0 Å². The zero-order valence-corrected chi connectivity index (χ0v) is 21.2. The van der Waals surface area contributed by atoms with Crippen LogP contribution in [-0.2, 0) is 4.79 Å². The maximum Gasteiger partial charge on any atom is 0.143 e. The van der Waals surface area contributed by atoms with Gasteiger partial charge in [0.2, 0.25) is 0 Å². The largest absolute Gasteiger partial charge is 0.369 e. The van der Waals surface area contributed by atoms with E-state index in [1.165, 1.54) is 88.3 Å². The molecule has 3 rings (SSSR count). The summed E-state index contributed by atoms with van der Waals surface area (Å²) < 4.78 is 0. The number of rotatable bonds is 3. The number of ketones is 1. The van der Waals surface area contributed by atoms with Crippen molar-refractivity contribution in [2.75, 3.05) is 37.6 Å². The predicted molar refractivity (Wildman–Crippen MR) is 135 cm³/mol. The number of benzene rings is 1. The number of nitriles is 1. The summed E-state index contributed by atoms with van der Waals surface area (Å²) >= 11 is 0. The molecule has 1 aliphatic carbocycles. The molecule has 31 heavy (non-hydrogen) atoms. The van der Waals surface area contributed by atoms with E-state index < -0.39 is 0 Å². The summed E-state index contributed by atoms with van der Waals surface area (Å²) in [5.74, 6) is -0.0718. The number of likely N-dealkylation sites (N-methyl/N-ethyl adjacent to an activating group) is 1. The normalized spacial score (nSPS) is 15.7. The number of anilines is 1. The average Bonchev–Trinajstić information content (AvgIpc) is 2.76. The summed E-state index contributed by atoms with van der Waals surface area (Å²) in [7, 11) is 0. The van der Waals surface area contributed by atoms with E-state index in [0.717, 1.165) is 13.1 Å². The van der Waals surface area contributed by atoms with E-state index in [1.54, 1.807) is 6.07 Å². The molecular weight excluding hydrogens is 382 g/mol. The first kappa shape index (κ1) is 29.1. The summed E-state index contributed by atoms with van der Waals surface area (Å²) in [4.78, 5) is 14.8. The molecule has 1 aromatic rings. The van der Waals surface area contributed by atoms with E-state index >= 15 is 0 Å². The highest BCUT2D eigenvalue weighted by Crippen LogP contribution is 2.20. The Hall–Kier alpha value is -1.86. The summed E-state index contributed by atoms with van der Waals surface area (Å²) in [5.41, 5.74) is 4.13. The monoisotopic (exact) mass is 429 g/mol. The topological polar surface area (TPSA) is 47.3 Å². The number of carbonyl (C=O) groups excluding carboxylic acids is 1. The molecule has 0 unspecified atom stereocenters. The lowest BCUT2D eigenvalue weighted by atomic mass is 10.0. The smallest absolute Gasteiger partial charge is 0.143 e. The third kappa shape index (κ3) is 15.6. The van der Waals surface area contributed by atoms with Crippen molar-refractivity contribution < 1.29 is 4.79 Å². The summed E-state index contributed by atoms with van der Waals surface area (Å²) in [6.45, 7) is 18.1. The zero-order chi connectivity index (χ0) is 23.5. The van der Waals surface area contributed by atoms with Crippen LogP contribution in [0, 0.1) is 25.2 Å². The Morgan fingerprint density at radius 1 is 0.871 bits per heavy atom. The molecule has 0 atom stereocenters. The molecule has 4 heteroatoms. The molecule has 2 aliphatic rings. The molecule has 1 saturated heterocycles. The Morgan fingerprint density at radius 2 is 1.29 bits per heavy atom. The van der Waals surface area contributed by atoms with Crippen LogP contribution >= 0.6 is 0 Å². The van der Waals surface area contributed by atoms with Crippen LogP contribution in [-0.4, -0.2) is 43.4 Å². The Labute approximate surface area is 192 Å². The van der Waals surface area contributed by atoms with Crippen molar-refractivity contribution in [2.24, 2.45) is 0 Å². The summed E-state index contributed by atoms with van der Waals surface area (Å²) in [6, 6.07) is 8.56. The molecule has 0 radical (unpaired) electrons. The Morgan fingerprint density at radius 3 is 1.58 bits per heavy atom. The molecule has 0 N–H and O–H groups in total. The highest BCUT2D eigenvalue weighted by Gasteiger charge is 2.15. The number of Topliss-reactive ketones (excluding diaryl/α,β-unsaturated/α-hetero) is 1.